The van der Waals surface area contributed by atoms with E-state index in [0.717, 1.165) is 25.6 Å². The van der Waals surface area contributed by atoms with Gasteiger partial charge in [0.05, 0.1) is 0 Å². The SMILES string of the molecule is CC(C)CNCC1CCCN1Cc1ccncc1. The topological polar surface area (TPSA) is 28.2 Å². The van der Waals surface area contributed by atoms with Crippen molar-refractivity contribution >= 4 is 0 Å². The Morgan fingerprint density at radius 3 is 2.89 bits per heavy atom. The average Bonchev–Trinajstić information content (AvgIpc) is 2.78. The van der Waals surface area contributed by atoms with Crippen LogP contribution in [0.4, 0.5) is 0 Å². The summed E-state index contributed by atoms with van der Waals surface area (Å²) < 4.78 is 0. The molecule has 2 rings (SSSR count). The summed E-state index contributed by atoms with van der Waals surface area (Å²) in [6.45, 7) is 9.07. The van der Waals surface area contributed by atoms with Crippen LogP contribution in [-0.4, -0.2) is 35.6 Å². The Morgan fingerprint density at radius 2 is 2.17 bits per heavy atom. The van der Waals surface area contributed by atoms with E-state index in [1.54, 1.807) is 0 Å². The van der Waals surface area contributed by atoms with Crippen LogP contribution < -0.4 is 5.32 Å². The van der Waals surface area contributed by atoms with Crippen LogP contribution in [0.15, 0.2) is 24.5 Å². The van der Waals surface area contributed by atoms with Gasteiger partial charge in [-0.2, -0.15) is 0 Å². The number of nitrogens with zero attached hydrogens (tertiary/aromatic N) is 2. The second kappa shape index (κ2) is 6.86. The fourth-order valence-electron chi connectivity index (χ4n) is 2.60. The van der Waals surface area contributed by atoms with Gasteiger partial charge in [-0.15, -0.1) is 0 Å². The van der Waals surface area contributed by atoms with E-state index in [1.165, 1.54) is 24.9 Å². The summed E-state index contributed by atoms with van der Waals surface area (Å²) >= 11 is 0. The van der Waals surface area contributed by atoms with Gasteiger partial charge in [0, 0.05) is 31.5 Å². The van der Waals surface area contributed by atoms with Crippen LogP contribution >= 0.6 is 0 Å². The molecule has 100 valence electrons. The second-order valence-electron chi connectivity index (χ2n) is 5.67. The molecule has 18 heavy (non-hydrogen) atoms. The first-order valence-electron chi connectivity index (χ1n) is 7.09. The van der Waals surface area contributed by atoms with Crippen molar-refractivity contribution in [1.29, 1.82) is 0 Å². The number of aromatic nitrogens is 1. The Morgan fingerprint density at radius 1 is 1.39 bits per heavy atom. The van der Waals surface area contributed by atoms with Gasteiger partial charge in [-0.05, 0) is 49.5 Å². The summed E-state index contributed by atoms with van der Waals surface area (Å²) in [5, 5.41) is 3.59. The third-order valence-corrected chi connectivity index (χ3v) is 3.57. The Hall–Kier alpha value is -0.930. The number of hydrogen-bond donors (Lipinski definition) is 1. The van der Waals surface area contributed by atoms with Crippen LogP contribution in [0.25, 0.3) is 0 Å². The van der Waals surface area contributed by atoms with Crippen molar-refractivity contribution in [2.45, 2.75) is 39.3 Å². The zero-order valence-electron chi connectivity index (χ0n) is 11.6. The first kappa shape index (κ1) is 13.5. The molecular weight excluding hydrogens is 222 g/mol. The maximum Gasteiger partial charge on any atom is 0.0271 e. The van der Waals surface area contributed by atoms with Crippen molar-refractivity contribution < 1.29 is 0 Å². The Kier molecular flexibility index (Phi) is 5.14. The molecule has 0 aromatic carbocycles. The van der Waals surface area contributed by atoms with Crippen molar-refractivity contribution in [3.05, 3.63) is 30.1 Å². The van der Waals surface area contributed by atoms with E-state index in [-0.39, 0.29) is 0 Å². The zero-order valence-corrected chi connectivity index (χ0v) is 11.6. The molecular formula is C15H25N3. The van der Waals surface area contributed by atoms with Crippen molar-refractivity contribution in [1.82, 2.24) is 15.2 Å². The molecule has 1 fully saturated rings. The van der Waals surface area contributed by atoms with Gasteiger partial charge in [0.2, 0.25) is 0 Å². The van der Waals surface area contributed by atoms with Gasteiger partial charge in [-0.25, -0.2) is 0 Å². The number of likely N-dealkylation sites (tertiary alicyclic amines) is 1. The summed E-state index contributed by atoms with van der Waals surface area (Å²) in [4.78, 5) is 6.68. The predicted molar refractivity (Wildman–Crippen MR) is 75.4 cm³/mol. The molecule has 1 unspecified atom stereocenters. The molecule has 2 heterocycles. The Balaban J connectivity index is 1.80. The van der Waals surface area contributed by atoms with Crippen molar-refractivity contribution in [3.63, 3.8) is 0 Å². The lowest BCUT2D eigenvalue weighted by Gasteiger charge is -2.25. The molecule has 0 bridgehead atoms. The van der Waals surface area contributed by atoms with E-state index in [9.17, 15) is 0 Å². The molecule has 1 aromatic rings. The summed E-state index contributed by atoms with van der Waals surface area (Å²) in [7, 11) is 0. The van der Waals surface area contributed by atoms with Crippen LogP contribution in [0.2, 0.25) is 0 Å². The standard InChI is InChI=1S/C15H25N3/c1-13(2)10-17-11-15-4-3-9-18(15)12-14-5-7-16-8-6-14/h5-8,13,15,17H,3-4,9-12H2,1-2H3. The maximum atomic E-state index is 4.08. The highest BCUT2D eigenvalue weighted by Gasteiger charge is 2.23. The normalized spacial score (nSPS) is 20.7. The lowest BCUT2D eigenvalue weighted by Crippen LogP contribution is -2.38. The first-order chi connectivity index (χ1) is 8.75. The van der Waals surface area contributed by atoms with Crippen molar-refractivity contribution in [3.8, 4) is 0 Å². The van der Waals surface area contributed by atoms with Gasteiger partial charge in [0.1, 0.15) is 0 Å². The van der Waals surface area contributed by atoms with E-state index in [1.807, 2.05) is 12.4 Å². The molecule has 1 saturated heterocycles. The summed E-state index contributed by atoms with van der Waals surface area (Å²) in [6, 6.07) is 4.95. The molecule has 0 aliphatic carbocycles. The highest BCUT2D eigenvalue weighted by atomic mass is 15.2. The highest BCUT2D eigenvalue weighted by Crippen LogP contribution is 2.19. The molecule has 1 N–H and O–H groups in total. The van der Waals surface area contributed by atoms with Gasteiger partial charge in [0.15, 0.2) is 0 Å². The second-order valence-corrected chi connectivity index (χ2v) is 5.67. The first-order valence-corrected chi connectivity index (χ1v) is 7.09. The molecule has 1 aromatic heterocycles. The number of pyridine rings is 1. The smallest absolute Gasteiger partial charge is 0.0271 e. The van der Waals surface area contributed by atoms with E-state index in [4.69, 9.17) is 0 Å². The van der Waals surface area contributed by atoms with Crippen LogP contribution in [0.5, 0.6) is 0 Å². The monoisotopic (exact) mass is 247 g/mol. The number of hydrogen-bond acceptors (Lipinski definition) is 3. The fourth-order valence-corrected chi connectivity index (χ4v) is 2.60. The van der Waals surface area contributed by atoms with Crippen LogP contribution in [-0.2, 0) is 6.54 Å². The maximum absolute atomic E-state index is 4.08. The summed E-state index contributed by atoms with van der Waals surface area (Å²) in [5.41, 5.74) is 1.38. The van der Waals surface area contributed by atoms with Gasteiger partial charge in [-0.3, -0.25) is 9.88 Å². The quantitative estimate of drug-likeness (QED) is 0.836. The van der Waals surface area contributed by atoms with Gasteiger partial charge >= 0.3 is 0 Å². The molecule has 0 amide bonds. The van der Waals surface area contributed by atoms with Gasteiger partial charge < -0.3 is 5.32 Å². The Bertz CT molecular complexity index is 337. The van der Waals surface area contributed by atoms with Crippen molar-refractivity contribution in [2.24, 2.45) is 5.92 Å². The van der Waals surface area contributed by atoms with E-state index in [0.29, 0.717) is 6.04 Å². The Labute approximate surface area is 111 Å². The third kappa shape index (κ3) is 4.07. The van der Waals surface area contributed by atoms with Crippen molar-refractivity contribution in [2.75, 3.05) is 19.6 Å². The lowest BCUT2D eigenvalue weighted by molar-refractivity contribution is 0.237. The van der Waals surface area contributed by atoms with Gasteiger partial charge in [0.25, 0.3) is 0 Å². The largest absolute Gasteiger partial charge is 0.315 e. The summed E-state index contributed by atoms with van der Waals surface area (Å²) in [5.74, 6) is 0.736. The third-order valence-electron chi connectivity index (χ3n) is 3.57. The minimum absolute atomic E-state index is 0.705. The van der Waals surface area contributed by atoms with E-state index >= 15 is 0 Å². The number of rotatable bonds is 6. The molecule has 0 radical (unpaired) electrons. The molecule has 1 aliphatic rings. The average molecular weight is 247 g/mol. The van der Waals surface area contributed by atoms with Crippen LogP contribution in [0.1, 0.15) is 32.3 Å². The van der Waals surface area contributed by atoms with Gasteiger partial charge in [-0.1, -0.05) is 13.8 Å². The molecule has 0 spiro atoms. The minimum atomic E-state index is 0.705. The van der Waals surface area contributed by atoms with Crippen LogP contribution in [0.3, 0.4) is 0 Å². The lowest BCUT2D eigenvalue weighted by atomic mass is 10.2. The minimum Gasteiger partial charge on any atom is -0.315 e. The zero-order chi connectivity index (χ0) is 12.8. The highest BCUT2D eigenvalue weighted by molar-refractivity contribution is 5.10. The fraction of sp³-hybridized carbons (Fsp3) is 0.667. The predicted octanol–water partition coefficient (Wildman–Crippen LogP) is 2.29. The summed E-state index contributed by atoms with van der Waals surface area (Å²) in [6.07, 6.45) is 6.43. The van der Waals surface area contributed by atoms with E-state index in [2.05, 4.69) is 41.2 Å². The molecule has 0 saturated carbocycles. The van der Waals surface area contributed by atoms with E-state index < -0.39 is 0 Å². The molecule has 3 nitrogen and oxygen atoms in total. The molecule has 3 heteroatoms. The molecule has 1 atom stereocenters. The number of nitrogens with one attached hydrogen (secondary N) is 1. The molecule has 1 aliphatic heterocycles. The van der Waals surface area contributed by atoms with Crippen LogP contribution in [0, 0.1) is 5.92 Å².